The van der Waals surface area contributed by atoms with Crippen LogP contribution in [0.4, 0.5) is 0 Å². The Morgan fingerprint density at radius 1 is 1.33 bits per heavy atom. The molecule has 1 aromatic rings. The van der Waals surface area contributed by atoms with Crippen LogP contribution >= 0.6 is 0 Å². The molecule has 1 amide bonds. The lowest BCUT2D eigenvalue weighted by Crippen LogP contribution is -2.34. The van der Waals surface area contributed by atoms with Crippen molar-refractivity contribution in [1.82, 2.24) is 10.6 Å². The number of hydrogen-bond acceptors (Lipinski definition) is 3. The fourth-order valence-corrected chi connectivity index (χ4v) is 1.48. The first-order valence-corrected chi connectivity index (χ1v) is 6.22. The van der Waals surface area contributed by atoms with Gasteiger partial charge in [0.15, 0.2) is 0 Å². The van der Waals surface area contributed by atoms with Crippen molar-refractivity contribution in [2.45, 2.75) is 26.3 Å². The van der Waals surface area contributed by atoms with Gasteiger partial charge in [-0.15, -0.1) is 0 Å². The summed E-state index contributed by atoms with van der Waals surface area (Å²) in [6, 6.07) is 9.40. The van der Waals surface area contributed by atoms with Crippen LogP contribution in [0.5, 0.6) is 0 Å². The standard InChI is InChI=1S/C14H19N3O/c1-2-3-8-17-14(18)11-16-10-13-6-4-12(9-15)5-7-13/h4-7,16H,2-3,8,10-11H2,1H3,(H,17,18). The smallest absolute Gasteiger partial charge is 0.233 e. The number of carbonyl (C=O) groups is 1. The van der Waals surface area contributed by atoms with E-state index in [1.165, 1.54) is 0 Å². The van der Waals surface area contributed by atoms with Crippen molar-refractivity contribution in [1.29, 1.82) is 5.26 Å². The first kappa shape index (κ1) is 14.2. The van der Waals surface area contributed by atoms with Gasteiger partial charge in [0.1, 0.15) is 0 Å². The van der Waals surface area contributed by atoms with E-state index in [0.29, 0.717) is 18.7 Å². The fourth-order valence-electron chi connectivity index (χ4n) is 1.48. The molecule has 0 aliphatic heterocycles. The third-order valence-electron chi connectivity index (χ3n) is 2.55. The number of benzene rings is 1. The van der Waals surface area contributed by atoms with E-state index in [2.05, 4.69) is 23.6 Å². The van der Waals surface area contributed by atoms with E-state index in [0.717, 1.165) is 24.9 Å². The normalized spacial score (nSPS) is 9.78. The quantitative estimate of drug-likeness (QED) is 0.717. The highest BCUT2D eigenvalue weighted by Crippen LogP contribution is 2.02. The maximum Gasteiger partial charge on any atom is 0.233 e. The maximum absolute atomic E-state index is 11.4. The molecule has 0 heterocycles. The number of unbranched alkanes of at least 4 members (excludes halogenated alkanes) is 1. The zero-order valence-corrected chi connectivity index (χ0v) is 10.7. The van der Waals surface area contributed by atoms with E-state index < -0.39 is 0 Å². The van der Waals surface area contributed by atoms with Crippen LogP contribution in [0.3, 0.4) is 0 Å². The molecule has 0 saturated heterocycles. The predicted octanol–water partition coefficient (Wildman–Crippen LogP) is 1.56. The summed E-state index contributed by atoms with van der Waals surface area (Å²) in [7, 11) is 0. The molecule has 0 aliphatic carbocycles. The molecule has 0 aromatic heterocycles. The zero-order valence-electron chi connectivity index (χ0n) is 10.7. The maximum atomic E-state index is 11.4. The summed E-state index contributed by atoms with van der Waals surface area (Å²) >= 11 is 0. The summed E-state index contributed by atoms with van der Waals surface area (Å²) in [6.07, 6.45) is 2.10. The first-order chi connectivity index (χ1) is 8.76. The number of nitrogens with zero attached hydrogens (tertiary/aromatic N) is 1. The van der Waals surface area contributed by atoms with Crippen LogP contribution in [-0.2, 0) is 11.3 Å². The second kappa shape index (κ2) is 8.26. The molecular formula is C14H19N3O. The topological polar surface area (TPSA) is 64.9 Å². The minimum atomic E-state index is 0.0251. The highest BCUT2D eigenvalue weighted by molar-refractivity contribution is 5.77. The van der Waals surface area contributed by atoms with E-state index in [1.54, 1.807) is 12.1 Å². The van der Waals surface area contributed by atoms with Gasteiger partial charge in [-0.05, 0) is 24.1 Å². The summed E-state index contributed by atoms with van der Waals surface area (Å²) in [5, 5.41) is 14.6. The molecule has 0 saturated carbocycles. The number of nitrogens with one attached hydrogen (secondary N) is 2. The van der Waals surface area contributed by atoms with Crippen molar-refractivity contribution >= 4 is 5.91 Å². The molecule has 0 atom stereocenters. The summed E-state index contributed by atoms with van der Waals surface area (Å²) in [5.74, 6) is 0.0251. The Kier molecular flexibility index (Phi) is 6.52. The molecule has 18 heavy (non-hydrogen) atoms. The zero-order chi connectivity index (χ0) is 13.2. The van der Waals surface area contributed by atoms with Crippen LogP contribution in [0.1, 0.15) is 30.9 Å². The van der Waals surface area contributed by atoms with Gasteiger partial charge >= 0.3 is 0 Å². The van der Waals surface area contributed by atoms with Gasteiger partial charge in [0.2, 0.25) is 5.91 Å². The van der Waals surface area contributed by atoms with E-state index in [4.69, 9.17) is 5.26 Å². The van der Waals surface area contributed by atoms with Gasteiger partial charge in [0.05, 0.1) is 18.2 Å². The lowest BCUT2D eigenvalue weighted by Gasteiger charge is -2.06. The largest absolute Gasteiger partial charge is 0.355 e. The van der Waals surface area contributed by atoms with Gasteiger partial charge in [-0.3, -0.25) is 4.79 Å². The second-order valence-electron chi connectivity index (χ2n) is 4.12. The van der Waals surface area contributed by atoms with Crippen LogP contribution in [0.15, 0.2) is 24.3 Å². The molecule has 0 spiro atoms. The Hall–Kier alpha value is -1.86. The average Bonchev–Trinajstić information content (AvgIpc) is 2.40. The van der Waals surface area contributed by atoms with Gasteiger partial charge < -0.3 is 10.6 Å². The van der Waals surface area contributed by atoms with Crippen LogP contribution in [0.2, 0.25) is 0 Å². The molecule has 0 unspecified atom stereocenters. The van der Waals surface area contributed by atoms with Crippen molar-refractivity contribution < 1.29 is 4.79 Å². The van der Waals surface area contributed by atoms with Crippen LogP contribution in [0, 0.1) is 11.3 Å². The number of hydrogen-bond donors (Lipinski definition) is 2. The molecule has 4 nitrogen and oxygen atoms in total. The molecule has 96 valence electrons. The van der Waals surface area contributed by atoms with Crippen LogP contribution < -0.4 is 10.6 Å². The third kappa shape index (κ3) is 5.46. The summed E-state index contributed by atoms with van der Waals surface area (Å²) < 4.78 is 0. The monoisotopic (exact) mass is 245 g/mol. The minimum absolute atomic E-state index is 0.0251. The summed E-state index contributed by atoms with van der Waals surface area (Å²) in [5.41, 5.74) is 1.71. The van der Waals surface area contributed by atoms with Crippen molar-refractivity contribution in [3.8, 4) is 6.07 Å². The molecule has 2 N–H and O–H groups in total. The van der Waals surface area contributed by atoms with E-state index in [9.17, 15) is 4.79 Å². The molecule has 0 bridgehead atoms. The molecule has 1 rings (SSSR count). The number of nitriles is 1. The van der Waals surface area contributed by atoms with Gasteiger partial charge in [0.25, 0.3) is 0 Å². The van der Waals surface area contributed by atoms with Crippen LogP contribution in [-0.4, -0.2) is 19.0 Å². The van der Waals surface area contributed by atoms with Gasteiger partial charge in [0, 0.05) is 13.1 Å². The lowest BCUT2D eigenvalue weighted by atomic mass is 10.1. The van der Waals surface area contributed by atoms with Gasteiger partial charge in [-0.1, -0.05) is 25.5 Å². The molecule has 0 fully saturated rings. The highest BCUT2D eigenvalue weighted by Gasteiger charge is 1.99. The van der Waals surface area contributed by atoms with E-state index >= 15 is 0 Å². The molecule has 0 radical (unpaired) electrons. The van der Waals surface area contributed by atoms with E-state index in [1.807, 2.05) is 12.1 Å². The van der Waals surface area contributed by atoms with Crippen LogP contribution in [0.25, 0.3) is 0 Å². The second-order valence-corrected chi connectivity index (χ2v) is 4.12. The van der Waals surface area contributed by atoms with Gasteiger partial charge in [-0.2, -0.15) is 5.26 Å². The SMILES string of the molecule is CCCCNC(=O)CNCc1ccc(C#N)cc1. The predicted molar refractivity (Wildman–Crippen MR) is 70.8 cm³/mol. The lowest BCUT2D eigenvalue weighted by molar-refractivity contribution is -0.120. The summed E-state index contributed by atoms with van der Waals surface area (Å²) in [4.78, 5) is 11.4. The Labute approximate surface area is 108 Å². The Bertz CT molecular complexity index is 406. The Morgan fingerprint density at radius 3 is 2.67 bits per heavy atom. The molecule has 1 aromatic carbocycles. The fraction of sp³-hybridized carbons (Fsp3) is 0.429. The molecule has 4 heteroatoms. The molecule has 0 aliphatic rings. The average molecular weight is 245 g/mol. The number of rotatable bonds is 7. The van der Waals surface area contributed by atoms with E-state index in [-0.39, 0.29) is 5.91 Å². The number of carbonyl (C=O) groups excluding carboxylic acids is 1. The highest BCUT2D eigenvalue weighted by atomic mass is 16.1. The third-order valence-corrected chi connectivity index (χ3v) is 2.55. The van der Waals surface area contributed by atoms with Crippen molar-refractivity contribution in [3.05, 3.63) is 35.4 Å². The summed E-state index contributed by atoms with van der Waals surface area (Å²) in [6.45, 7) is 3.79. The van der Waals surface area contributed by atoms with Crippen molar-refractivity contribution in [3.63, 3.8) is 0 Å². The van der Waals surface area contributed by atoms with Gasteiger partial charge in [-0.25, -0.2) is 0 Å². The Morgan fingerprint density at radius 2 is 2.06 bits per heavy atom. The van der Waals surface area contributed by atoms with Crippen molar-refractivity contribution in [2.24, 2.45) is 0 Å². The number of amides is 1. The Balaban J connectivity index is 2.20. The van der Waals surface area contributed by atoms with Crippen molar-refractivity contribution in [2.75, 3.05) is 13.1 Å². The molecular weight excluding hydrogens is 226 g/mol. The minimum Gasteiger partial charge on any atom is -0.355 e. The first-order valence-electron chi connectivity index (χ1n) is 6.22.